The third-order valence-electron chi connectivity index (χ3n) is 2.65. The molecule has 1 aliphatic carbocycles. The highest BCUT2D eigenvalue weighted by atomic mass is 16.5. The molecule has 2 rings (SSSR count). The SMILES string of the molecule is COc1ccc(NC(=O)C2CC2)cc1C(=O)O. The molecule has 0 atom stereocenters. The first-order chi connectivity index (χ1) is 8.11. The minimum Gasteiger partial charge on any atom is -0.496 e. The van der Waals surface area contributed by atoms with Crippen molar-refractivity contribution in [3.8, 4) is 5.75 Å². The fourth-order valence-electron chi connectivity index (χ4n) is 1.54. The summed E-state index contributed by atoms with van der Waals surface area (Å²) in [6.07, 6.45) is 1.82. The average molecular weight is 235 g/mol. The molecule has 0 heterocycles. The van der Waals surface area contributed by atoms with Crippen LogP contribution < -0.4 is 10.1 Å². The Morgan fingerprint density at radius 2 is 2.12 bits per heavy atom. The second-order valence-electron chi connectivity index (χ2n) is 3.98. The van der Waals surface area contributed by atoms with E-state index in [1.807, 2.05) is 0 Å². The van der Waals surface area contributed by atoms with Crippen LogP contribution in [0.2, 0.25) is 0 Å². The number of carboxylic acids is 1. The van der Waals surface area contributed by atoms with Crippen molar-refractivity contribution in [1.29, 1.82) is 0 Å². The number of amides is 1. The molecule has 0 radical (unpaired) electrons. The molecule has 5 heteroatoms. The number of hydrogen-bond acceptors (Lipinski definition) is 3. The number of hydrogen-bond donors (Lipinski definition) is 2. The number of benzene rings is 1. The Balaban J connectivity index is 2.20. The highest BCUT2D eigenvalue weighted by molar-refractivity contribution is 5.97. The van der Waals surface area contributed by atoms with Gasteiger partial charge >= 0.3 is 5.97 Å². The highest BCUT2D eigenvalue weighted by Crippen LogP contribution is 2.31. The van der Waals surface area contributed by atoms with Gasteiger partial charge in [-0.25, -0.2) is 4.79 Å². The molecule has 1 amide bonds. The molecule has 90 valence electrons. The second kappa shape index (κ2) is 4.45. The van der Waals surface area contributed by atoms with Gasteiger partial charge in [-0.05, 0) is 31.0 Å². The van der Waals surface area contributed by atoms with Crippen molar-refractivity contribution in [3.05, 3.63) is 23.8 Å². The van der Waals surface area contributed by atoms with E-state index in [1.165, 1.54) is 19.2 Å². The Hall–Kier alpha value is -2.04. The molecule has 0 spiro atoms. The predicted octanol–water partition coefficient (Wildman–Crippen LogP) is 1.74. The Morgan fingerprint density at radius 1 is 1.41 bits per heavy atom. The maximum Gasteiger partial charge on any atom is 0.339 e. The maximum atomic E-state index is 11.5. The highest BCUT2D eigenvalue weighted by Gasteiger charge is 2.29. The van der Waals surface area contributed by atoms with Gasteiger partial charge in [0.15, 0.2) is 0 Å². The van der Waals surface area contributed by atoms with Crippen LogP contribution in [0.5, 0.6) is 5.75 Å². The van der Waals surface area contributed by atoms with Crippen molar-refractivity contribution in [3.63, 3.8) is 0 Å². The molecule has 17 heavy (non-hydrogen) atoms. The molecule has 0 bridgehead atoms. The van der Waals surface area contributed by atoms with Crippen LogP contribution in [0.4, 0.5) is 5.69 Å². The summed E-state index contributed by atoms with van der Waals surface area (Å²) in [5.41, 5.74) is 0.529. The summed E-state index contributed by atoms with van der Waals surface area (Å²) in [6, 6.07) is 4.57. The van der Waals surface area contributed by atoms with Gasteiger partial charge in [-0.2, -0.15) is 0 Å². The molecule has 1 saturated carbocycles. The third-order valence-corrected chi connectivity index (χ3v) is 2.65. The Labute approximate surface area is 98.4 Å². The topological polar surface area (TPSA) is 75.6 Å². The Kier molecular flexibility index (Phi) is 2.99. The van der Waals surface area contributed by atoms with E-state index in [-0.39, 0.29) is 23.1 Å². The Bertz CT molecular complexity index is 466. The van der Waals surface area contributed by atoms with Gasteiger partial charge in [0.05, 0.1) is 7.11 Å². The standard InChI is InChI=1S/C12H13NO4/c1-17-10-5-4-8(6-9(10)12(15)16)13-11(14)7-2-3-7/h4-7H,2-3H2,1H3,(H,13,14)(H,15,16). The van der Waals surface area contributed by atoms with Gasteiger partial charge < -0.3 is 15.2 Å². The minimum absolute atomic E-state index is 0.0427. The summed E-state index contributed by atoms with van der Waals surface area (Å²) in [4.78, 5) is 22.5. The van der Waals surface area contributed by atoms with E-state index < -0.39 is 5.97 Å². The molecule has 0 aromatic heterocycles. The van der Waals surface area contributed by atoms with Crippen molar-refractivity contribution >= 4 is 17.6 Å². The fraction of sp³-hybridized carbons (Fsp3) is 0.333. The molecule has 1 aromatic carbocycles. The van der Waals surface area contributed by atoms with Gasteiger partial charge in [-0.1, -0.05) is 0 Å². The number of carbonyl (C=O) groups is 2. The van der Waals surface area contributed by atoms with E-state index in [0.717, 1.165) is 12.8 Å². The van der Waals surface area contributed by atoms with Crippen LogP contribution in [-0.2, 0) is 4.79 Å². The first-order valence-corrected chi connectivity index (χ1v) is 5.34. The zero-order chi connectivity index (χ0) is 12.4. The number of anilines is 1. The quantitative estimate of drug-likeness (QED) is 0.833. The van der Waals surface area contributed by atoms with E-state index in [4.69, 9.17) is 9.84 Å². The fourth-order valence-corrected chi connectivity index (χ4v) is 1.54. The van der Waals surface area contributed by atoms with Crippen LogP contribution in [0.15, 0.2) is 18.2 Å². The number of rotatable bonds is 4. The summed E-state index contributed by atoms with van der Waals surface area (Å²) < 4.78 is 4.93. The van der Waals surface area contributed by atoms with Gasteiger partial charge in [-0.3, -0.25) is 4.79 Å². The summed E-state index contributed by atoms with van der Waals surface area (Å²) >= 11 is 0. The van der Waals surface area contributed by atoms with Crippen molar-refractivity contribution < 1.29 is 19.4 Å². The predicted molar refractivity (Wildman–Crippen MR) is 61.3 cm³/mol. The average Bonchev–Trinajstić information content (AvgIpc) is 3.12. The van der Waals surface area contributed by atoms with Crippen molar-refractivity contribution in [2.45, 2.75) is 12.8 Å². The summed E-state index contributed by atoms with van der Waals surface area (Å²) in [6.45, 7) is 0. The van der Waals surface area contributed by atoms with Gasteiger partial charge in [0.1, 0.15) is 11.3 Å². The summed E-state index contributed by atoms with van der Waals surface area (Å²) in [7, 11) is 1.41. The monoisotopic (exact) mass is 235 g/mol. The number of nitrogens with one attached hydrogen (secondary N) is 1. The van der Waals surface area contributed by atoms with E-state index >= 15 is 0 Å². The van der Waals surface area contributed by atoms with Crippen molar-refractivity contribution in [2.24, 2.45) is 5.92 Å². The second-order valence-corrected chi connectivity index (χ2v) is 3.98. The molecule has 1 aliphatic rings. The molecule has 0 aliphatic heterocycles. The van der Waals surface area contributed by atoms with Crippen molar-refractivity contribution in [2.75, 3.05) is 12.4 Å². The molecule has 2 N–H and O–H groups in total. The molecule has 1 aromatic rings. The minimum atomic E-state index is -1.08. The van der Waals surface area contributed by atoms with E-state index in [2.05, 4.69) is 5.32 Å². The summed E-state index contributed by atoms with van der Waals surface area (Å²) in [5, 5.41) is 11.7. The zero-order valence-corrected chi connectivity index (χ0v) is 9.40. The normalized spacial score (nSPS) is 14.2. The molecule has 0 saturated heterocycles. The van der Waals surface area contributed by atoms with Gasteiger partial charge in [-0.15, -0.1) is 0 Å². The van der Waals surface area contributed by atoms with Gasteiger partial charge in [0.25, 0.3) is 0 Å². The van der Waals surface area contributed by atoms with Crippen LogP contribution in [0.1, 0.15) is 23.2 Å². The van der Waals surface area contributed by atoms with Gasteiger partial charge in [0, 0.05) is 11.6 Å². The number of ether oxygens (including phenoxy) is 1. The first kappa shape index (κ1) is 11.4. The van der Waals surface area contributed by atoms with E-state index in [0.29, 0.717) is 5.69 Å². The molecular weight excluding hydrogens is 222 g/mol. The van der Waals surface area contributed by atoms with Crippen LogP contribution in [0, 0.1) is 5.92 Å². The Morgan fingerprint density at radius 3 is 2.65 bits per heavy atom. The summed E-state index contributed by atoms with van der Waals surface area (Å²) in [5.74, 6) is -0.761. The molecule has 0 unspecified atom stereocenters. The lowest BCUT2D eigenvalue weighted by atomic mass is 10.1. The number of aromatic carboxylic acids is 1. The number of methoxy groups -OCH3 is 1. The van der Waals surface area contributed by atoms with Crippen LogP contribution >= 0.6 is 0 Å². The lowest BCUT2D eigenvalue weighted by Crippen LogP contribution is -2.14. The smallest absolute Gasteiger partial charge is 0.339 e. The number of carboxylic acid groups (broad SMARTS) is 1. The van der Waals surface area contributed by atoms with Gasteiger partial charge in [0.2, 0.25) is 5.91 Å². The van der Waals surface area contributed by atoms with E-state index in [1.54, 1.807) is 6.07 Å². The molecular formula is C12H13NO4. The lowest BCUT2D eigenvalue weighted by molar-refractivity contribution is -0.117. The molecule has 5 nitrogen and oxygen atoms in total. The first-order valence-electron chi connectivity index (χ1n) is 5.34. The number of carbonyl (C=O) groups excluding carboxylic acids is 1. The van der Waals surface area contributed by atoms with Crippen LogP contribution in [-0.4, -0.2) is 24.1 Å². The maximum absolute atomic E-state index is 11.5. The molecule has 1 fully saturated rings. The van der Waals surface area contributed by atoms with Crippen LogP contribution in [0.3, 0.4) is 0 Å². The largest absolute Gasteiger partial charge is 0.496 e. The zero-order valence-electron chi connectivity index (χ0n) is 9.40. The van der Waals surface area contributed by atoms with E-state index in [9.17, 15) is 9.59 Å². The van der Waals surface area contributed by atoms with Crippen LogP contribution in [0.25, 0.3) is 0 Å². The third kappa shape index (κ3) is 2.55. The lowest BCUT2D eigenvalue weighted by Gasteiger charge is -2.08. The van der Waals surface area contributed by atoms with Crippen molar-refractivity contribution in [1.82, 2.24) is 0 Å².